The van der Waals surface area contributed by atoms with Crippen molar-refractivity contribution in [3.05, 3.63) is 58.0 Å². The van der Waals surface area contributed by atoms with E-state index < -0.39 is 5.97 Å². The molecule has 0 saturated carbocycles. The van der Waals surface area contributed by atoms with Gasteiger partial charge in [0.2, 0.25) is 5.91 Å². The summed E-state index contributed by atoms with van der Waals surface area (Å²) in [6.07, 6.45) is 4.02. The normalized spacial score (nSPS) is 14.2. The van der Waals surface area contributed by atoms with Gasteiger partial charge in [0, 0.05) is 24.0 Å². The summed E-state index contributed by atoms with van der Waals surface area (Å²) in [5.41, 5.74) is 2.46. The Labute approximate surface area is 157 Å². The first kappa shape index (κ1) is 18.4. The number of nitrogens with zero attached hydrogens (tertiary/aromatic N) is 1. The lowest BCUT2D eigenvalue weighted by Crippen LogP contribution is -2.29. The molecule has 26 heavy (non-hydrogen) atoms. The number of carbonyl (C=O) groups is 2. The molecule has 2 heterocycles. The number of methoxy groups -OCH3 is 1. The highest BCUT2D eigenvalue weighted by Gasteiger charge is 2.28. The molecule has 0 unspecified atom stereocenters. The molecule has 0 bridgehead atoms. The maximum atomic E-state index is 12.3. The average Bonchev–Trinajstić information content (AvgIpc) is 3.03. The van der Waals surface area contributed by atoms with Crippen LogP contribution in [0.4, 0.5) is 5.00 Å². The highest BCUT2D eigenvalue weighted by molar-refractivity contribution is 7.17. The molecule has 2 aromatic rings. The van der Waals surface area contributed by atoms with E-state index in [0.29, 0.717) is 10.6 Å². The smallest absolute Gasteiger partial charge is 0.341 e. The Morgan fingerprint density at radius 1 is 1.31 bits per heavy atom. The van der Waals surface area contributed by atoms with Crippen LogP contribution in [0.3, 0.4) is 0 Å². The molecule has 1 amide bonds. The van der Waals surface area contributed by atoms with Crippen LogP contribution >= 0.6 is 11.3 Å². The molecule has 1 aliphatic rings. The molecule has 1 aromatic carbocycles. The molecular formula is C20H22N2O3S. The van der Waals surface area contributed by atoms with Crippen LogP contribution in [0.2, 0.25) is 0 Å². The summed E-state index contributed by atoms with van der Waals surface area (Å²) in [6, 6.07) is 9.61. The Morgan fingerprint density at radius 2 is 2.08 bits per heavy atom. The number of nitrogens with one attached hydrogen (secondary N) is 1. The number of likely N-dealkylation sites (N-methyl/N-ethyl adjacent to an activating group) is 1. The van der Waals surface area contributed by atoms with Crippen molar-refractivity contribution in [2.45, 2.75) is 19.9 Å². The zero-order chi connectivity index (χ0) is 18.5. The van der Waals surface area contributed by atoms with Crippen LogP contribution in [0.15, 0.2) is 36.4 Å². The Hall–Kier alpha value is -2.44. The highest BCUT2D eigenvalue weighted by atomic mass is 32.1. The van der Waals surface area contributed by atoms with Gasteiger partial charge in [0.15, 0.2) is 0 Å². The molecule has 0 saturated heterocycles. The molecule has 1 aliphatic heterocycles. The molecule has 0 spiro atoms. The van der Waals surface area contributed by atoms with Gasteiger partial charge in [-0.2, -0.15) is 0 Å². The number of rotatable bonds is 5. The third kappa shape index (κ3) is 4.03. The van der Waals surface area contributed by atoms with Crippen molar-refractivity contribution in [3.8, 4) is 0 Å². The lowest BCUT2D eigenvalue weighted by Gasteiger charge is -2.25. The second kappa shape index (κ2) is 8.29. The van der Waals surface area contributed by atoms with E-state index in [1.807, 2.05) is 30.3 Å². The standard InChI is InChI=1S/C20H22N2O3S/c1-3-22-12-11-15-16(13-22)26-19(18(15)20(24)25-2)21-17(23)10-9-14-7-5-4-6-8-14/h4-10H,3,11-13H2,1-2H3,(H,21,23). The number of fused-ring (bicyclic) bond motifs is 1. The largest absolute Gasteiger partial charge is 0.465 e. The monoisotopic (exact) mass is 370 g/mol. The van der Waals surface area contributed by atoms with Crippen LogP contribution < -0.4 is 5.32 Å². The minimum absolute atomic E-state index is 0.259. The summed E-state index contributed by atoms with van der Waals surface area (Å²) in [6.45, 7) is 4.80. The van der Waals surface area contributed by atoms with Gasteiger partial charge in [0.25, 0.3) is 0 Å². The summed E-state index contributed by atoms with van der Waals surface area (Å²) in [5, 5.41) is 3.43. The third-order valence-electron chi connectivity index (χ3n) is 4.44. The van der Waals surface area contributed by atoms with E-state index in [1.54, 1.807) is 6.08 Å². The number of hydrogen-bond donors (Lipinski definition) is 1. The molecule has 0 fully saturated rings. The Kier molecular flexibility index (Phi) is 5.85. The van der Waals surface area contributed by atoms with E-state index >= 15 is 0 Å². The van der Waals surface area contributed by atoms with E-state index in [4.69, 9.17) is 4.74 Å². The van der Waals surface area contributed by atoms with Gasteiger partial charge in [-0.25, -0.2) is 4.79 Å². The predicted octanol–water partition coefficient (Wildman–Crippen LogP) is 3.56. The molecule has 0 radical (unpaired) electrons. The third-order valence-corrected chi connectivity index (χ3v) is 5.57. The molecule has 0 atom stereocenters. The number of amides is 1. The molecule has 0 aliphatic carbocycles. The van der Waals surface area contributed by atoms with Crippen molar-refractivity contribution in [3.63, 3.8) is 0 Å². The number of hydrogen-bond acceptors (Lipinski definition) is 5. The lowest BCUT2D eigenvalue weighted by atomic mass is 10.0. The maximum absolute atomic E-state index is 12.3. The summed E-state index contributed by atoms with van der Waals surface area (Å²) >= 11 is 1.47. The fourth-order valence-corrected chi connectivity index (χ4v) is 4.30. The molecule has 1 aromatic heterocycles. The zero-order valence-corrected chi connectivity index (χ0v) is 15.8. The van der Waals surface area contributed by atoms with Crippen molar-refractivity contribution < 1.29 is 14.3 Å². The zero-order valence-electron chi connectivity index (χ0n) is 15.0. The second-order valence-electron chi connectivity index (χ2n) is 6.05. The molecule has 3 rings (SSSR count). The van der Waals surface area contributed by atoms with Crippen LogP contribution in [0.25, 0.3) is 6.08 Å². The Balaban J connectivity index is 1.82. The fraction of sp³-hybridized carbons (Fsp3) is 0.300. The average molecular weight is 370 g/mol. The second-order valence-corrected chi connectivity index (χ2v) is 7.16. The van der Waals surface area contributed by atoms with Gasteiger partial charge in [-0.3, -0.25) is 9.69 Å². The minimum Gasteiger partial charge on any atom is -0.465 e. The van der Waals surface area contributed by atoms with Gasteiger partial charge in [0.1, 0.15) is 5.00 Å². The minimum atomic E-state index is -0.394. The Morgan fingerprint density at radius 3 is 2.77 bits per heavy atom. The summed E-state index contributed by atoms with van der Waals surface area (Å²) < 4.78 is 4.95. The molecule has 5 nitrogen and oxygen atoms in total. The quantitative estimate of drug-likeness (QED) is 0.646. The number of carbonyl (C=O) groups excluding carboxylic acids is 2. The predicted molar refractivity (Wildman–Crippen MR) is 104 cm³/mol. The first-order valence-electron chi connectivity index (χ1n) is 8.61. The number of ether oxygens (including phenoxy) is 1. The van der Waals surface area contributed by atoms with Gasteiger partial charge in [0.05, 0.1) is 12.7 Å². The van der Waals surface area contributed by atoms with Crippen LogP contribution in [0.1, 0.15) is 33.3 Å². The fourth-order valence-electron chi connectivity index (χ4n) is 3.02. The number of anilines is 1. The first-order valence-corrected chi connectivity index (χ1v) is 9.43. The number of esters is 1. The number of benzene rings is 1. The van der Waals surface area contributed by atoms with E-state index in [-0.39, 0.29) is 5.91 Å². The van der Waals surface area contributed by atoms with Crippen LogP contribution in [0, 0.1) is 0 Å². The van der Waals surface area contributed by atoms with Crippen LogP contribution in [-0.4, -0.2) is 37.0 Å². The molecular weight excluding hydrogens is 348 g/mol. The van der Waals surface area contributed by atoms with Crippen molar-refractivity contribution in [2.75, 3.05) is 25.5 Å². The first-order chi connectivity index (χ1) is 12.6. The van der Waals surface area contributed by atoms with Crippen LogP contribution in [0.5, 0.6) is 0 Å². The topological polar surface area (TPSA) is 58.6 Å². The van der Waals surface area contributed by atoms with Gasteiger partial charge in [-0.05, 0) is 30.2 Å². The van der Waals surface area contributed by atoms with Crippen molar-refractivity contribution >= 4 is 34.3 Å². The van der Waals surface area contributed by atoms with E-state index in [9.17, 15) is 9.59 Å². The van der Waals surface area contributed by atoms with Crippen LogP contribution in [-0.2, 0) is 22.5 Å². The SMILES string of the molecule is CCN1CCc2c(sc(NC(=O)C=Cc3ccccc3)c2C(=O)OC)C1. The van der Waals surface area contributed by atoms with Gasteiger partial charge < -0.3 is 10.1 Å². The molecule has 1 N–H and O–H groups in total. The molecule has 6 heteroatoms. The van der Waals surface area contributed by atoms with Gasteiger partial charge >= 0.3 is 5.97 Å². The van der Waals surface area contributed by atoms with Crippen molar-refractivity contribution in [1.29, 1.82) is 0 Å². The van der Waals surface area contributed by atoms with E-state index in [2.05, 4.69) is 17.1 Å². The summed E-state index contributed by atoms with van der Waals surface area (Å²) in [4.78, 5) is 28.1. The van der Waals surface area contributed by atoms with E-state index in [0.717, 1.165) is 42.1 Å². The van der Waals surface area contributed by atoms with E-state index in [1.165, 1.54) is 24.5 Å². The maximum Gasteiger partial charge on any atom is 0.341 e. The van der Waals surface area contributed by atoms with Crippen molar-refractivity contribution in [2.24, 2.45) is 0 Å². The van der Waals surface area contributed by atoms with Gasteiger partial charge in [-0.15, -0.1) is 11.3 Å². The van der Waals surface area contributed by atoms with Gasteiger partial charge in [-0.1, -0.05) is 37.3 Å². The summed E-state index contributed by atoms with van der Waals surface area (Å²) in [7, 11) is 1.37. The van der Waals surface area contributed by atoms with Crippen molar-refractivity contribution in [1.82, 2.24) is 4.90 Å². The highest BCUT2D eigenvalue weighted by Crippen LogP contribution is 2.37. The lowest BCUT2D eigenvalue weighted by molar-refractivity contribution is -0.111. The Bertz CT molecular complexity index is 827. The summed E-state index contributed by atoms with van der Waals surface area (Å²) in [5.74, 6) is -0.653. The molecule has 136 valence electrons. The number of thiophene rings is 1.